The van der Waals surface area contributed by atoms with E-state index < -0.39 is 0 Å². The molecule has 21 heavy (non-hydrogen) atoms. The highest BCUT2D eigenvalue weighted by Crippen LogP contribution is 2.14. The fraction of sp³-hybridized carbons (Fsp3) is 0.467. The lowest BCUT2D eigenvalue weighted by molar-refractivity contribution is -0.119. The Morgan fingerprint density at radius 2 is 1.62 bits per heavy atom. The van der Waals surface area contributed by atoms with Gasteiger partial charge in [-0.15, -0.1) is 0 Å². The third-order valence-electron chi connectivity index (χ3n) is 2.77. The van der Waals surface area contributed by atoms with Crippen molar-refractivity contribution >= 4 is 23.2 Å². The number of nitrogens with one attached hydrogen (secondary N) is 3. The van der Waals surface area contributed by atoms with Crippen molar-refractivity contribution in [3.8, 4) is 0 Å². The maximum atomic E-state index is 11.8. The van der Waals surface area contributed by atoms with Gasteiger partial charge in [0.15, 0.2) is 0 Å². The Labute approximate surface area is 125 Å². The van der Waals surface area contributed by atoms with Crippen LogP contribution >= 0.6 is 0 Å². The first-order valence-corrected chi connectivity index (χ1v) is 6.97. The maximum Gasteiger partial charge on any atom is 0.250 e. The Hall–Kier alpha value is -1.92. The summed E-state index contributed by atoms with van der Waals surface area (Å²) < 4.78 is 4.73. The van der Waals surface area contributed by atoms with Crippen LogP contribution in [0.1, 0.15) is 20.3 Å². The zero-order valence-electron chi connectivity index (χ0n) is 12.7. The molecule has 0 aromatic heterocycles. The largest absolute Gasteiger partial charge is 0.375 e. The van der Waals surface area contributed by atoms with E-state index >= 15 is 0 Å². The molecule has 0 aliphatic rings. The van der Waals surface area contributed by atoms with Crippen molar-refractivity contribution in [1.29, 1.82) is 0 Å². The van der Waals surface area contributed by atoms with E-state index in [4.69, 9.17) is 4.74 Å². The second-order valence-corrected chi connectivity index (χ2v) is 4.77. The number of hydrogen-bond donors (Lipinski definition) is 3. The molecule has 1 atom stereocenters. The highest BCUT2D eigenvalue weighted by atomic mass is 16.5. The van der Waals surface area contributed by atoms with Crippen LogP contribution in [0.15, 0.2) is 24.3 Å². The van der Waals surface area contributed by atoms with Gasteiger partial charge in [0.1, 0.15) is 6.61 Å². The van der Waals surface area contributed by atoms with Crippen LogP contribution in [0.4, 0.5) is 11.4 Å². The van der Waals surface area contributed by atoms with Crippen molar-refractivity contribution in [2.75, 3.05) is 30.9 Å². The molecule has 0 heterocycles. The molecule has 0 saturated heterocycles. The molecule has 0 aliphatic heterocycles. The summed E-state index contributed by atoms with van der Waals surface area (Å²) in [5, 5.41) is 8.69. The molecule has 6 heteroatoms. The van der Waals surface area contributed by atoms with Crippen LogP contribution in [-0.2, 0) is 14.3 Å². The minimum Gasteiger partial charge on any atom is -0.375 e. The molecule has 0 saturated carbocycles. The van der Waals surface area contributed by atoms with E-state index in [1.54, 1.807) is 24.3 Å². The van der Waals surface area contributed by atoms with E-state index in [1.165, 1.54) is 7.11 Å². The monoisotopic (exact) mass is 293 g/mol. The lowest BCUT2D eigenvalue weighted by Gasteiger charge is -2.12. The zero-order chi connectivity index (χ0) is 15.7. The maximum absolute atomic E-state index is 11.8. The molecule has 0 radical (unpaired) electrons. The van der Waals surface area contributed by atoms with Crippen LogP contribution in [0.5, 0.6) is 0 Å². The molecule has 1 unspecified atom stereocenters. The number of benzene rings is 1. The molecule has 0 fully saturated rings. The Morgan fingerprint density at radius 3 is 2.10 bits per heavy atom. The van der Waals surface area contributed by atoms with Gasteiger partial charge in [0, 0.05) is 30.9 Å². The van der Waals surface area contributed by atoms with E-state index in [2.05, 4.69) is 16.0 Å². The predicted octanol–water partition coefficient (Wildman–Crippen LogP) is 1.60. The Balaban J connectivity index is 2.47. The van der Waals surface area contributed by atoms with E-state index in [9.17, 15) is 9.59 Å². The van der Waals surface area contributed by atoms with Gasteiger partial charge in [-0.1, -0.05) is 6.92 Å². The van der Waals surface area contributed by atoms with Crippen LogP contribution in [0.3, 0.4) is 0 Å². The molecule has 1 rings (SSSR count). The van der Waals surface area contributed by atoms with Crippen molar-refractivity contribution in [1.82, 2.24) is 5.32 Å². The number of anilines is 2. The minimum atomic E-state index is -0.214. The predicted molar refractivity (Wildman–Crippen MR) is 83.3 cm³/mol. The summed E-state index contributed by atoms with van der Waals surface area (Å²) in [6, 6.07) is 7.10. The van der Waals surface area contributed by atoms with Gasteiger partial charge in [0.25, 0.3) is 0 Å². The first-order valence-electron chi connectivity index (χ1n) is 6.97. The number of carbonyl (C=O) groups is 2. The minimum absolute atomic E-state index is 0.0147. The highest BCUT2D eigenvalue weighted by molar-refractivity contribution is 5.93. The molecule has 0 aliphatic carbocycles. The summed E-state index contributed by atoms with van der Waals surface area (Å²) >= 11 is 0. The molecule has 116 valence electrons. The number of rotatable bonds is 8. The molecular weight excluding hydrogens is 270 g/mol. The lowest BCUT2D eigenvalue weighted by atomic mass is 10.2. The van der Waals surface area contributed by atoms with Crippen LogP contribution in [-0.4, -0.2) is 38.1 Å². The van der Waals surface area contributed by atoms with Gasteiger partial charge >= 0.3 is 0 Å². The second kappa shape index (κ2) is 9.10. The van der Waals surface area contributed by atoms with Crippen molar-refractivity contribution < 1.29 is 14.3 Å². The summed E-state index contributed by atoms with van der Waals surface area (Å²) in [5.41, 5.74) is 1.37. The van der Waals surface area contributed by atoms with Gasteiger partial charge in [-0.3, -0.25) is 9.59 Å². The average molecular weight is 293 g/mol. The molecule has 1 aromatic rings. The first-order chi connectivity index (χ1) is 10.0. The molecule has 6 nitrogen and oxygen atoms in total. The van der Waals surface area contributed by atoms with Crippen LogP contribution in [0.25, 0.3) is 0 Å². The normalized spacial score (nSPS) is 11.8. The fourth-order valence-electron chi connectivity index (χ4n) is 1.88. The molecule has 3 N–H and O–H groups in total. The quantitative estimate of drug-likeness (QED) is 0.680. The van der Waals surface area contributed by atoms with E-state index in [0.717, 1.165) is 6.54 Å². The van der Waals surface area contributed by atoms with Gasteiger partial charge in [-0.05, 0) is 37.7 Å². The van der Waals surface area contributed by atoms with Gasteiger partial charge in [-0.25, -0.2) is 0 Å². The van der Waals surface area contributed by atoms with Crippen molar-refractivity contribution in [2.45, 2.75) is 26.3 Å². The van der Waals surface area contributed by atoms with Gasteiger partial charge < -0.3 is 20.7 Å². The summed E-state index contributed by atoms with van der Waals surface area (Å²) in [6.07, 6.45) is 0.417. The summed E-state index contributed by atoms with van der Waals surface area (Å²) in [5.74, 6) is -0.256. The third-order valence-corrected chi connectivity index (χ3v) is 2.77. The Morgan fingerprint density at radius 1 is 1.10 bits per heavy atom. The molecule has 2 amide bonds. The fourth-order valence-corrected chi connectivity index (χ4v) is 1.88. The van der Waals surface area contributed by atoms with Crippen molar-refractivity contribution in [3.05, 3.63) is 24.3 Å². The van der Waals surface area contributed by atoms with Gasteiger partial charge in [-0.2, -0.15) is 0 Å². The Bertz CT molecular complexity index is 460. The topological polar surface area (TPSA) is 79.5 Å². The number of methoxy groups -OCH3 is 1. The van der Waals surface area contributed by atoms with Crippen LogP contribution < -0.4 is 16.0 Å². The molecule has 0 bridgehead atoms. The molecular formula is C15H23N3O3. The Kier molecular flexibility index (Phi) is 7.42. The van der Waals surface area contributed by atoms with Crippen LogP contribution in [0, 0.1) is 0 Å². The van der Waals surface area contributed by atoms with Gasteiger partial charge in [0.05, 0.1) is 0 Å². The van der Waals surface area contributed by atoms with E-state index in [0.29, 0.717) is 17.8 Å². The third kappa shape index (κ3) is 6.87. The van der Waals surface area contributed by atoms with Crippen LogP contribution in [0.2, 0.25) is 0 Å². The lowest BCUT2D eigenvalue weighted by Crippen LogP contribution is -2.30. The molecule has 0 spiro atoms. The zero-order valence-corrected chi connectivity index (χ0v) is 12.7. The summed E-state index contributed by atoms with van der Waals surface area (Å²) in [7, 11) is 1.46. The molecule has 1 aromatic carbocycles. The first kappa shape index (κ1) is 17.1. The standard InChI is InChI=1S/C15H23N3O3/c1-4-16-11(2)9-14(19)17-12-5-7-13(8-6-12)18-15(20)10-21-3/h5-8,11,16H,4,9-10H2,1-3H3,(H,17,19)(H,18,20). The number of ether oxygens (including phenoxy) is 1. The number of amides is 2. The van der Waals surface area contributed by atoms with Gasteiger partial charge in [0.2, 0.25) is 11.8 Å². The smallest absolute Gasteiger partial charge is 0.250 e. The number of hydrogen-bond acceptors (Lipinski definition) is 4. The number of carbonyl (C=O) groups excluding carboxylic acids is 2. The van der Waals surface area contributed by atoms with E-state index in [1.807, 2.05) is 13.8 Å². The highest BCUT2D eigenvalue weighted by Gasteiger charge is 2.08. The van der Waals surface area contributed by atoms with Crippen molar-refractivity contribution in [2.24, 2.45) is 0 Å². The van der Waals surface area contributed by atoms with E-state index in [-0.39, 0.29) is 24.5 Å². The second-order valence-electron chi connectivity index (χ2n) is 4.77. The summed E-state index contributed by atoms with van der Waals surface area (Å²) in [6.45, 7) is 4.83. The summed E-state index contributed by atoms with van der Waals surface area (Å²) in [4.78, 5) is 23.2. The SMILES string of the molecule is CCNC(C)CC(=O)Nc1ccc(NC(=O)COC)cc1. The van der Waals surface area contributed by atoms with Crippen molar-refractivity contribution in [3.63, 3.8) is 0 Å². The average Bonchev–Trinajstić information content (AvgIpc) is 2.41.